The minimum Gasteiger partial charge on any atom is -0.354 e. The van der Waals surface area contributed by atoms with Gasteiger partial charge in [-0.05, 0) is 41.1 Å². The van der Waals surface area contributed by atoms with Gasteiger partial charge in [0, 0.05) is 25.3 Å². The van der Waals surface area contributed by atoms with E-state index < -0.39 is 0 Å². The fraction of sp³-hybridized carbons (Fsp3) is 0.714. The van der Waals surface area contributed by atoms with Gasteiger partial charge in [0.05, 0.1) is 4.47 Å². The minimum absolute atomic E-state index is 0.634. The molecule has 106 valence electrons. The van der Waals surface area contributed by atoms with Crippen molar-refractivity contribution in [1.29, 1.82) is 0 Å². The van der Waals surface area contributed by atoms with Crippen LogP contribution < -0.4 is 10.2 Å². The van der Waals surface area contributed by atoms with E-state index in [0.717, 1.165) is 35.7 Å². The molecular weight excluding hydrogens is 304 g/mol. The summed E-state index contributed by atoms with van der Waals surface area (Å²) >= 11 is 3.59. The first-order valence-electron chi connectivity index (χ1n) is 7.14. The van der Waals surface area contributed by atoms with Gasteiger partial charge in [-0.1, -0.05) is 20.8 Å². The molecule has 19 heavy (non-hydrogen) atoms. The molecule has 0 radical (unpaired) electrons. The summed E-state index contributed by atoms with van der Waals surface area (Å²) in [6, 6.07) is 0.660. The largest absolute Gasteiger partial charge is 0.354 e. The lowest BCUT2D eigenvalue weighted by Crippen LogP contribution is -2.31. The van der Waals surface area contributed by atoms with Gasteiger partial charge in [-0.3, -0.25) is 0 Å². The molecule has 0 spiro atoms. The first kappa shape index (κ1) is 14.6. The van der Waals surface area contributed by atoms with Gasteiger partial charge in [-0.2, -0.15) is 4.98 Å². The van der Waals surface area contributed by atoms with E-state index in [4.69, 9.17) is 0 Å². The monoisotopic (exact) mass is 326 g/mol. The molecule has 1 N–H and O–H groups in total. The number of anilines is 2. The molecule has 0 bridgehead atoms. The summed E-state index contributed by atoms with van der Waals surface area (Å²) in [6.07, 6.45) is 5.49. The van der Waals surface area contributed by atoms with Crippen molar-refractivity contribution in [3.05, 3.63) is 10.7 Å². The number of halogens is 1. The van der Waals surface area contributed by atoms with E-state index in [1.807, 2.05) is 6.20 Å². The normalized spacial score (nSPS) is 14.8. The van der Waals surface area contributed by atoms with Crippen LogP contribution in [0.25, 0.3) is 0 Å². The molecule has 0 saturated heterocycles. The van der Waals surface area contributed by atoms with Crippen molar-refractivity contribution in [3.8, 4) is 0 Å². The van der Waals surface area contributed by atoms with Crippen molar-refractivity contribution >= 4 is 27.7 Å². The van der Waals surface area contributed by atoms with Gasteiger partial charge in [0.1, 0.15) is 5.82 Å². The Morgan fingerprint density at radius 3 is 2.79 bits per heavy atom. The summed E-state index contributed by atoms with van der Waals surface area (Å²) < 4.78 is 0.988. The van der Waals surface area contributed by atoms with Crippen LogP contribution in [0.5, 0.6) is 0 Å². The first-order chi connectivity index (χ1) is 9.11. The molecule has 1 saturated carbocycles. The van der Waals surface area contributed by atoms with Crippen molar-refractivity contribution in [2.45, 2.75) is 46.1 Å². The third-order valence-electron chi connectivity index (χ3n) is 3.08. The van der Waals surface area contributed by atoms with E-state index in [0.29, 0.717) is 12.0 Å². The van der Waals surface area contributed by atoms with Crippen LogP contribution in [0.4, 0.5) is 11.8 Å². The van der Waals surface area contributed by atoms with Gasteiger partial charge in [0.15, 0.2) is 0 Å². The summed E-state index contributed by atoms with van der Waals surface area (Å²) in [6.45, 7) is 8.60. The highest BCUT2D eigenvalue weighted by atomic mass is 79.9. The molecule has 0 atom stereocenters. The molecular formula is C14H23BrN4. The van der Waals surface area contributed by atoms with Gasteiger partial charge in [0.2, 0.25) is 5.95 Å². The molecule has 0 amide bonds. The SMILES string of the molecule is CCCNc1ncc(Br)c(N(CC(C)C)C2CC2)n1. The Hall–Kier alpha value is -0.840. The minimum atomic E-state index is 0.634. The molecule has 0 aromatic carbocycles. The molecule has 2 rings (SSSR count). The van der Waals surface area contributed by atoms with Crippen molar-refractivity contribution in [2.24, 2.45) is 5.92 Å². The van der Waals surface area contributed by atoms with E-state index in [-0.39, 0.29) is 0 Å². The fourth-order valence-electron chi connectivity index (χ4n) is 2.07. The zero-order valence-corrected chi connectivity index (χ0v) is 13.6. The molecule has 0 aliphatic heterocycles. The third-order valence-corrected chi connectivity index (χ3v) is 3.64. The lowest BCUT2D eigenvalue weighted by atomic mass is 10.2. The van der Waals surface area contributed by atoms with Crippen LogP contribution >= 0.6 is 15.9 Å². The maximum atomic E-state index is 4.68. The molecule has 1 heterocycles. The zero-order chi connectivity index (χ0) is 13.8. The molecule has 1 aliphatic rings. The quantitative estimate of drug-likeness (QED) is 0.829. The van der Waals surface area contributed by atoms with E-state index in [1.54, 1.807) is 0 Å². The highest BCUT2D eigenvalue weighted by molar-refractivity contribution is 9.10. The van der Waals surface area contributed by atoms with Gasteiger partial charge in [0.25, 0.3) is 0 Å². The van der Waals surface area contributed by atoms with E-state index in [9.17, 15) is 0 Å². The lowest BCUT2D eigenvalue weighted by Gasteiger charge is -2.26. The molecule has 1 aromatic heterocycles. The van der Waals surface area contributed by atoms with Gasteiger partial charge in [-0.15, -0.1) is 0 Å². The predicted molar refractivity (Wildman–Crippen MR) is 83.7 cm³/mol. The predicted octanol–water partition coefficient (Wildman–Crippen LogP) is 3.69. The Morgan fingerprint density at radius 2 is 2.21 bits per heavy atom. The highest BCUT2D eigenvalue weighted by Crippen LogP contribution is 2.35. The number of nitrogens with one attached hydrogen (secondary N) is 1. The van der Waals surface area contributed by atoms with Crippen LogP contribution in [0.3, 0.4) is 0 Å². The second-order valence-electron chi connectivity index (χ2n) is 5.57. The summed E-state index contributed by atoms with van der Waals surface area (Å²) in [4.78, 5) is 11.4. The molecule has 1 fully saturated rings. The molecule has 4 nitrogen and oxygen atoms in total. The van der Waals surface area contributed by atoms with E-state index >= 15 is 0 Å². The van der Waals surface area contributed by atoms with Gasteiger partial charge < -0.3 is 10.2 Å². The van der Waals surface area contributed by atoms with Crippen LogP contribution in [-0.2, 0) is 0 Å². The number of nitrogens with zero attached hydrogens (tertiary/aromatic N) is 3. The third kappa shape index (κ3) is 4.06. The topological polar surface area (TPSA) is 41.1 Å². The van der Waals surface area contributed by atoms with Crippen LogP contribution in [0.1, 0.15) is 40.0 Å². The first-order valence-corrected chi connectivity index (χ1v) is 7.94. The van der Waals surface area contributed by atoms with Crippen molar-refractivity contribution in [1.82, 2.24) is 9.97 Å². The summed E-state index contributed by atoms with van der Waals surface area (Å²) in [5.74, 6) is 2.40. The lowest BCUT2D eigenvalue weighted by molar-refractivity contribution is 0.601. The zero-order valence-electron chi connectivity index (χ0n) is 12.0. The number of hydrogen-bond donors (Lipinski definition) is 1. The van der Waals surface area contributed by atoms with E-state index in [1.165, 1.54) is 12.8 Å². The number of aromatic nitrogens is 2. The maximum absolute atomic E-state index is 4.68. The van der Waals surface area contributed by atoms with E-state index in [2.05, 4.69) is 56.9 Å². The summed E-state index contributed by atoms with van der Waals surface area (Å²) in [7, 11) is 0. The standard InChI is InChI=1S/C14H23BrN4/c1-4-7-16-14-17-8-12(15)13(18-14)19(9-10(2)3)11-5-6-11/h8,10-11H,4-7,9H2,1-3H3,(H,16,17,18). The number of hydrogen-bond acceptors (Lipinski definition) is 4. The highest BCUT2D eigenvalue weighted by Gasteiger charge is 2.31. The fourth-order valence-corrected chi connectivity index (χ4v) is 2.49. The van der Waals surface area contributed by atoms with Crippen molar-refractivity contribution in [3.63, 3.8) is 0 Å². The Morgan fingerprint density at radius 1 is 1.47 bits per heavy atom. The summed E-state index contributed by atoms with van der Waals surface area (Å²) in [5.41, 5.74) is 0. The molecule has 0 unspecified atom stereocenters. The Labute approximate surface area is 124 Å². The van der Waals surface area contributed by atoms with Gasteiger partial charge in [-0.25, -0.2) is 4.98 Å². The number of rotatable bonds is 7. The Bertz CT molecular complexity index is 418. The van der Waals surface area contributed by atoms with Crippen molar-refractivity contribution in [2.75, 3.05) is 23.3 Å². The molecule has 5 heteroatoms. The van der Waals surface area contributed by atoms with Crippen LogP contribution in [0.2, 0.25) is 0 Å². The average molecular weight is 327 g/mol. The summed E-state index contributed by atoms with van der Waals surface area (Å²) in [5, 5.41) is 3.26. The Balaban J connectivity index is 2.19. The van der Waals surface area contributed by atoms with Crippen LogP contribution in [0, 0.1) is 5.92 Å². The van der Waals surface area contributed by atoms with Crippen LogP contribution in [0.15, 0.2) is 10.7 Å². The average Bonchev–Trinajstić information content (AvgIpc) is 3.19. The Kier molecular flexibility index (Phi) is 5.02. The maximum Gasteiger partial charge on any atom is 0.224 e. The molecule has 1 aliphatic carbocycles. The van der Waals surface area contributed by atoms with Crippen molar-refractivity contribution < 1.29 is 0 Å². The van der Waals surface area contributed by atoms with Gasteiger partial charge >= 0.3 is 0 Å². The second kappa shape index (κ2) is 6.55. The second-order valence-corrected chi connectivity index (χ2v) is 6.42. The molecule has 1 aromatic rings. The van der Waals surface area contributed by atoms with Crippen LogP contribution in [-0.4, -0.2) is 29.1 Å². The smallest absolute Gasteiger partial charge is 0.224 e.